The van der Waals surface area contributed by atoms with Gasteiger partial charge in [0.1, 0.15) is 0 Å². The Balaban J connectivity index is 3.31. The molecule has 5 heteroatoms. The maximum atomic E-state index is 12.1. The predicted molar refractivity (Wildman–Crippen MR) is 112 cm³/mol. The maximum Gasteiger partial charge on any atom is 0.474 e. The van der Waals surface area contributed by atoms with Crippen LogP contribution in [0.25, 0.3) is 0 Å². The van der Waals surface area contributed by atoms with Crippen molar-refractivity contribution in [1.29, 1.82) is 0 Å². The van der Waals surface area contributed by atoms with E-state index in [1.54, 1.807) is 0 Å². The van der Waals surface area contributed by atoms with Crippen LogP contribution < -0.4 is 0 Å². The zero-order valence-electron chi connectivity index (χ0n) is 17.8. The molecule has 0 radical (unpaired) electrons. The highest BCUT2D eigenvalue weighted by molar-refractivity contribution is 7.48. The fourth-order valence-corrected chi connectivity index (χ4v) is 3.93. The fraction of sp³-hybridized carbons (Fsp3) is 1.00. The molecule has 0 saturated heterocycles. The molecule has 0 aliphatic carbocycles. The van der Waals surface area contributed by atoms with Gasteiger partial charge in [0.2, 0.25) is 0 Å². The molecular weight excluding hydrogens is 347 g/mol. The van der Waals surface area contributed by atoms with E-state index in [1.807, 2.05) is 0 Å². The van der Waals surface area contributed by atoms with Crippen molar-refractivity contribution in [2.45, 2.75) is 117 Å². The van der Waals surface area contributed by atoms with E-state index >= 15 is 0 Å². The van der Waals surface area contributed by atoms with Crippen LogP contribution in [0.4, 0.5) is 0 Å². The van der Waals surface area contributed by atoms with Crippen LogP contribution in [0.2, 0.25) is 0 Å². The first-order valence-electron chi connectivity index (χ1n) is 11.1. The van der Waals surface area contributed by atoms with E-state index in [4.69, 9.17) is 13.6 Å². The van der Waals surface area contributed by atoms with Crippen molar-refractivity contribution in [2.24, 2.45) is 0 Å². The highest BCUT2D eigenvalue weighted by Crippen LogP contribution is 2.48. The van der Waals surface area contributed by atoms with E-state index in [1.165, 1.54) is 84.2 Å². The topological polar surface area (TPSA) is 44.8 Å². The van der Waals surface area contributed by atoms with Gasteiger partial charge in [-0.1, -0.05) is 104 Å². The van der Waals surface area contributed by atoms with Crippen molar-refractivity contribution in [3.05, 3.63) is 0 Å². The van der Waals surface area contributed by atoms with Crippen molar-refractivity contribution in [1.82, 2.24) is 0 Å². The van der Waals surface area contributed by atoms with Gasteiger partial charge in [0.25, 0.3) is 0 Å². The lowest BCUT2D eigenvalue weighted by Gasteiger charge is -2.15. The van der Waals surface area contributed by atoms with Gasteiger partial charge in [0, 0.05) is 7.11 Å². The Morgan fingerprint density at radius 1 is 0.538 bits per heavy atom. The molecule has 0 rings (SSSR count). The van der Waals surface area contributed by atoms with Crippen molar-refractivity contribution >= 4 is 7.82 Å². The Bertz CT molecular complexity index is 323. The molecule has 4 nitrogen and oxygen atoms in total. The van der Waals surface area contributed by atoms with Gasteiger partial charge in [0.05, 0.1) is 13.2 Å². The molecule has 0 amide bonds. The first kappa shape index (κ1) is 26.1. The van der Waals surface area contributed by atoms with Gasteiger partial charge in [-0.3, -0.25) is 13.6 Å². The second-order valence-electron chi connectivity index (χ2n) is 7.25. The molecule has 0 aromatic heterocycles. The zero-order valence-corrected chi connectivity index (χ0v) is 18.7. The average molecular weight is 393 g/mol. The van der Waals surface area contributed by atoms with Crippen LogP contribution in [0.5, 0.6) is 0 Å². The number of hydrogen-bond acceptors (Lipinski definition) is 4. The minimum absolute atomic E-state index is 0.431. The van der Waals surface area contributed by atoms with Crippen LogP contribution in [0.1, 0.15) is 117 Å². The standard InChI is InChI=1S/C21H45O4P/c1-4-6-8-9-10-11-12-13-14-15-16-17-18-19-21-25-26(22,23-3)24-20-7-5-2/h4-21H2,1-3H3. The molecule has 0 aliphatic rings. The average Bonchev–Trinajstić information content (AvgIpc) is 2.65. The molecule has 1 unspecified atom stereocenters. The van der Waals surface area contributed by atoms with Gasteiger partial charge >= 0.3 is 7.82 Å². The third-order valence-electron chi connectivity index (χ3n) is 4.72. The number of unbranched alkanes of at least 4 members (excludes halogenated alkanes) is 14. The van der Waals surface area contributed by atoms with E-state index in [0.717, 1.165) is 25.7 Å². The quantitative estimate of drug-likeness (QED) is 0.146. The second kappa shape index (κ2) is 19.9. The Labute approximate surface area is 163 Å². The highest BCUT2D eigenvalue weighted by atomic mass is 31.2. The Kier molecular flexibility index (Phi) is 19.9. The van der Waals surface area contributed by atoms with Crippen LogP contribution in [-0.4, -0.2) is 20.3 Å². The molecule has 26 heavy (non-hydrogen) atoms. The van der Waals surface area contributed by atoms with Crippen molar-refractivity contribution in [3.63, 3.8) is 0 Å². The van der Waals surface area contributed by atoms with E-state index in [-0.39, 0.29) is 0 Å². The van der Waals surface area contributed by atoms with E-state index < -0.39 is 7.82 Å². The molecule has 1 atom stereocenters. The summed E-state index contributed by atoms with van der Waals surface area (Å²) in [6, 6.07) is 0. The van der Waals surface area contributed by atoms with Gasteiger partial charge in [-0.2, -0.15) is 0 Å². The molecule has 0 saturated carbocycles. The van der Waals surface area contributed by atoms with Gasteiger partial charge in [-0.05, 0) is 12.8 Å². The smallest absolute Gasteiger partial charge is 0.290 e. The SMILES string of the molecule is CCCCCCCCCCCCCCCCOP(=O)(OC)OCCCC. The summed E-state index contributed by atoms with van der Waals surface area (Å²) < 4.78 is 27.6. The van der Waals surface area contributed by atoms with Gasteiger partial charge in [0.15, 0.2) is 0 Å². The Morgan fingerprint density at radius 3 is 1.27 bits per heavy atom. The van der Waals surface area contributed by atoms with Crippen LogP contribution in [0.3, 0.4) is 0 Å². The lowest BCUT2D eigenvalue weighted by atomic mass is 10.0. The first-order chi connectivity index (χ1) is 12.7. The Morgan fingerprint density at radius 2 is 0.885 bits per heavy atom. The van der Waals surface area contributed by atoms with Crippen LogP contribution in [0, 0.1) is 0 Å². The second-order valence-corrected chi connectivity index (χ2v) is 9.02. The molecule has 0 aliphatic heterocycles. The summed E-state index contributed by atoms with van der Waals surface area (Å²) in [5, 5.41) is 0. The maximum absolute atomic E-state index is 12.1. The molecule has 0 aromatic rings. The van der Waals surface area contributed by atoms with Crippen molar-refractivity contribution in [3.8, 4) is 0 Å². The third-order valence-corrected chi connectivity index (χ3v) is 6.16. The Hall–Kier alpha value is 0.110. The first-order valence-corrected chi connectivity index (χ1v) is 12.6. The van der Waals surface area contributed by atoms with E-state index in [2.05, 4.69) is 13.8 Å². The van der Waals surface area contributed by atoms with Crippen molar-refractivity contribution in [2.75, 3.05) is 20.3 Å². The predicted octanol–water partition coefficient (Wildman–Crippen LogP) is 8.06. The van der Waals surface area contributed by atoms with Gasteiger partial charge in [-0.25, -0.2) is 4.57 Å². The van der Waals surface area contributed by atoms with E-state index in [0.29, 0.717) is 13.2 Å². The molecule has 0 N–H and O–H groups in total. The number of phosphoric ester groups is 1. The minimum atomic E-state index is -3.32. The number of phosphoric acid groups is 1. The normalized spacial score (nSPS) is 13.8. The minimum Gasteiger partial charge on any atom is -0.290 e. The van der Waals surface area contributed by atoms with Crippen LogP contribution in [-0.2, 0) is 18.1 Å². The summed E-state index contributed by atoms with van der Waals surface area (Å²) in [7, 11) is -1.93. The zero-order chi connectivity index (χ0) is 19.3. The summed E-state index contributed by atoms with van der Waals surface area (Å²) in [6.45, 7) is 5.22. The number of rotatable bonds is 21. The number of hydrogen-bond donors (Lipinski definition) is 0. The molecule has 0 aromatic carbocycles. The molecule has 158 valence electrons. The third kappa shape index (κ3) is 17.5. The molecule has 0 fully saturated rings. The molecule has 0 bridgehead atoms. The molecule has 0 heterocycles. The highest BCUT2D eigenvalue weighted by Gasteiger charge is 2.23. The summed E-state index contributed by atoms with van der Waals surface area (Å²) in [5.41, 5.74) is 0. The van der Waals surface area contributed by atoms with Gasteiger partial charge in [-0.15, -0.1) is 0 Å². The summed E-state index contributed by atoms with van der Waals surface area (Å²) >= 11 is 0. The molecular formula is C21H45O4P. The summed E-state index contributed by atoms with van der Waals surface area (Å²) in [4.78, 5) is 0. The summed E-state index contributed by atoms with van der Waals surface area (Å²) in [5.74, 6) is 0. The monoisotopic (exact) mass is 392 g/mol. The van der Waals surface area contributed by atoms with Crippen LogP contribution in [0.15, 0.2) is 0 Å². The van der Waals surface area contributed by atoms with Crippen molar-refractivity contribution < 1.29 is 18.1 Å². The van der Waals surface area contributed by atoms with E-state index in [9.17, 15) is 4.57 Å². The molecule has 0 spiro atoms. The lowest BCUT2D eigenvalue weighted by Crippen LogP contribution is -2.01. The fourth-order valence-electron chi connectivity index (χ4n) is 2.94. The van der Waals surface area contributed by atoms with Gasteiger partial charge < -0.3 is 0 Å². The van der Waals surface area contributed by atoms with Crippen LogP contribution >= 0.6 is 7.82 Å². The lowest BCUT2D eigenvalue weighted by molar-refractivity contribution is 0.128. The largest absolute Gasteiger partial charge is 0.474 e. The summed E-state index contributed by atoms with van der Waals surface area (Å²) in [6.07, 6.45) is 20.4.